The molecule has 0 spiro atoms. The molecule has 0 saturated carbocycles. The quantitative estimate of drug-likeness (QED) is 0.875. The highest BCUT2D eigenvalue weighted by atomic mass is 35.5. The number of hydrogen-bond donors (Lipinski definition) is 1. The lowest BCUT2D eigenvalue weighted by Gasteiger charge is -2.36. The van der Waals surface area contributed by atoms with Gasteiger partial charge in [-0.05, 0) is 29.8 Å². The number of amides is 1. The summed E-state index contributed by atoms with van der Waals surface area (Å²) in [5, 5.41) is 3.29. The molecule has 25 heavy (non-hydrogen) atoms. The summed E-state index contributed by atoms with van der Waals surface area (Å²) >= 11 is 0. The van der Waals surface area contributed by atoms with Crippen LogP contribution >= 0.6 is 12.4 Å². The maximum Gasteiger partial charge on any atom is 0.254 e. The summed E-state index contributed by atoms with van der Waals surface area (Å²) in [6.45, 7) is 1.90. The van der Waals surface area contributed by atoms with Crippen molar-refractivity contribution in [3.8, 4) is 0 Å². The fourth-order valence-electron chi connectivity index (χ4n) is 2.84. The lowest BCUT2D eigenvalue weighted by Crippen LogP contribution is -2.48. The van der Waals surface area contributed by atoms with Crippen LogP contribution in [-0.2, 0) is 9.84 Å². The largest absolute Gasteiger partial charge is 0.329 e. The summed E-state index contributed by atoms with van der Waals surface area (Å²) in [4.78, 5) is 19.0. The number of aromatic nitrogens is 1. The molecule has 0 radical (unpaired) electrons. The molecule has 8 heteroatoms. The van der Waals surface area contributed by atoms with Crippen molar-refractivity contribution in [2.45, 2.75) is 10.9 Å². The van der Waals surface area contributed by atoms with Crippen molar-refractivity contribution in [3.63, 3.8) is 0 Å². The van der Waals surface area contributed by atoms with Crippen molar-refractivity contribution in [1.82, 2.24) is 15.2 Å². The molecule has 0 aliphatic carbocycles. The van der Waals surface area contributed by atoms with Gasteiger partial charge in [-0.25, -0.2) is 8.42 Å². The Balaban J connectivity index is 0.00000225. The van der Waals surface area contributed by atoms with E-state index in [2.05, 4.69) is 10.3 Å². The molecule has 1 atom stereocenters. The van der Waals surface area contributed by atoms with E-state index in [1.165, 1.54) is 12.1 Å². The predicted octanol–water partition coefficient (Wildman–Crippen LogP) is 1.69. The predicted molar refractivity (Wildman–Crippen MR) is 97.7 cm³/mol. The van der Waals surface area contributed by atoms with Crippen LogP contribution in [0, 0.1) is 0 Å². The summed E-state index contributed by atoms with van der Waals surface area (Å²) in [6, 6.07) is 9.86. The van der Waals surface area contributed by atoms with Gasteiger partial charge in [0.2, 0.25) is 0 Å². The third kappa shape index (κ3) is 4.36. The molecule has 1 aromatic heterocycles. The zero-order valence-electron chi connectivity index (χ0n) is 13.8. The third-order valence-electron chi connectivity index (χ3n) is 4.08. The monoisotopic (exact) mass is 381 g/mol. The fraction of sp³-hybridized carbons (Fsp3) is 0.294. The Kier molecular flexibility index (Phi) is 6.16. The van der Waals surface area contributed by atoms with E-state index in [0.29, 0.717) is 25.2 Å². The number of pyridine rings is 1. The van der Waals surface area contributed by atoms with Crippen LogP contribution in [0.15, 0.2) is 53.7 Å². The number of halogens is 1. The number of carbonyl (C=O) groups excluding carboxylic acids is 1. The van der Waals surface area contributed by atoms with Gasteiger partial charge >= 0.3 is 0 Å². The zero-order chi connectivity index (χ0) is 17.2. The minimum atomic E-state index is -3.35. The maximum atomic E-state index is 12.9. The minimum Gasteiger partial charge on any atom is -0.329 e. The van der Waals surface area contributed by atoms with Crippen LogP contribution in [0.25, 0.3) is 0 Å². The van der Waals surface area contributed by atoms with Gasteiger partial charge in [0.05, 0.1) is 10.9 Å². The summed E-state index contributed by atoms with van der Waals surface area (Å²) in [6.07, 6.45) is 4.59. The fourth-order valence-corrected chi connectivity index (χ4v) is 3.51. The van der Waals surface area contributed by atoms with Gasteiger partial charge in [0.25, 0.3) is 5.91 Å². The van der Waals surface area contributed by atoms with Crippen LogP contribution in [0.3, 0.4) is 0 Å². The molecule has 1 N–H and O–H groups in total. The number of nitrogens with one attached hydrogen (secondary N) is 1. The molecule has 0 bridgehead atoms. The van der Waals surface area contributed by atoms with Gasteiger partial charge in [0.15, 0.2) is 9.84 Å². The highest BCUT2D eigenvalue weighted by Gasteiger charge is 2.29. The van der Waals surface area contributed by atoms with Crippen LogP contribution in [0.5, 0.6) is 0 Å². The standard InChI is InChI=1S/C17H19N3O3S.ClH/c1-24(22,23)15-6-2-4-13(10-15)17(21)20-9-8-19-12-16(20)14-5-3-7-18-11-14;/h2-7,10-11,16,19H,8-9,12H2,1H3;1H. The second kappa shape index (κ2) is 7.95. The Hall–Kier alpha value is -1.96. The van der Waals surface area contributed by atoms with Crippen LogP contribution in [0.1, 0.15) is 22.0 Å². The minimum absolute atomic E-state index is 0. The van der Waals surface area contributed by atoms with E-state index in [9.17, 15) is 13.2 Å². The molecule has 1 amide bonds. The van der Waals surface area contributed by atoms with Crippen LogP contribution in [0.4, 0.5) is 0 Å². The molecular formula is C17H20ClN3O3S. The Bertz CT molecular complexity index is 843. The van der Waals surface area contributed by atoms with E-state index in [1.807, 2.05) is 12.1 Å². The Morgan fingerprint density at radius 3 is 2.76 bits per heavy atom. The highest BCUT2D eigenvalue weighted by molar-refractivity contribution is 7.90. The van der Waals surface area contributed by atoms with Crippen molar-refractivity contribution in [2.75, 3.05) is 25.9 Å². The number of carbonyl (C=O) groups is 1. The number of nitrogens with zero attached hydrogens (tertiary/aromatic N) is 2. The van der Waals surface area contributed by atoms with E-state index in [0.717, 1.165) is 11.8 Å². The number of sulfone groups is 1. The second-order valence-electron chi connectivity index (χ2n) is 5.80. The van der Waals surface area contributed by atoms with Crippen LogP contribution in [-0.4, -0.2) is 50.1 Å². The first-order chi connectivity index (χ1) is 11.5. The summed E-state index contributed by atoms with van der Waals surface area (Å²) in [7, 11) is -3.35. The SMILES string of the molecule is CS(=O)(=O)c1cccc(C(=O)N2CCNCC2c2cccnc2)c1.Cl. The smallest absolute Gasteiger partial charge is 0.254 e. The molecule has 1 unspecified atom stereocenters. The molecule has 2 aromatic rings. The molecule has 1 aromatic carbocycles. The van der Waals surface area contributed by atoms with E-state index in [4.69, 9.17) is 0 Å². The molecule has 3 rings (SSSR count). The maximum absolute atomic E-state index is 12.9. The number of piperazine rings is 1. The van der Waals surface area contributed by atoms with E-state index < -0.39 is 9.84 Å². The molecule has 134 valence electrons. The Morgan fingerprint density at radius 2 is 2.08 bits per heavy atom. The molecular weight excluding hydrogens is 362 g/mol. The van der Waals surface area contributed by atoms with E-state index >= 15 is 0 Å². The third-order valence-corrected chi connectivity index (χ3v) is 5.19. The molecule has 1 fully saturated rings. The Labute approximate surface area is 153 Å². The number of benzene rings is 1. The van der Waals surface area contributed by atoms with Gasteiger partial charge in [0.1, 0.15) is 0 Å². The molecule has 1 saturated heterocycles. The topological polar surface area (TPSA) is 79.4 Å². The van der Waals surface area contributed by atoms with Gasteiger partial charge in [0, 0.05) is 43.8 Å². The lowest BCUT2D eigenvalue weighted by molar-refractivity contribution is 0.0633. The summed E-state index contributed by atoms with van der Waals surface area (Å²) in [5.41, 5.74) is 1.34. The number of rotatable bonds is 3. The number of hydrogen-bond acceptors (Lipinski definition) is 5. The normalized spacial score (nSPS) is 17.6. The van der Waals surface area contributed by atoms with E-state index in [1.54, 1.807) is 29.4 Å². The molecule has 1 aliphatic rings. The van der Waals surface area contributed by atoms with Crippen LogP contribution < -0.4 is 5.32 Å². The van der Waals surface area contributed by atoms with Gasteiger partial charge in [-0.3, -0.25) is 9.78 Å². The summed E-state index contributed by atoms with van der Waals surface area (Å²) < 4.78 is 23.5. The molecule has 2 heterocycles. The van der Waals surface area contributed by atoms with Crippen molar-refractivity contribution in [1.29, 1.82) is 0 Å². The van der Waals surface area contributed by atoms with Crippen molar-refractivity contribution in [3.05, 3.63) is 59.9 Å². The van der Waals surface area contributed by atoms with Gasteiger partial charge < -0.3 is 10.2 Å². The van der Waals surface area contributed by atoms with E-state index in [-0.39, 0.29) is 29.3 Å². The molecule has 6 nitrogen and oxygen atoms in total. The first-order valence-electron chi connectivity index (χ1n) is 7.68. The van der Waals surface area contributed by atoms with Crippen molar-refractivity contribution in [2.24, 2.45) is 0 Å². The van der Waals surface area contributed by atoms with Gasteiger partial charge in [-0.2, -0.15) is 0 Å². The van der Waals surface area contributed by atoms with Crippen molar-refractivity contribution < 1.29 is 13.2 Å². The van der Waals surface area contributed by atoms with Crippen molar-refractivity contribution >= 4 is 28.2 Å². The first kappa shape index (κ1) is 19.4. The van der Waals surface area contributed by atoms with Crippen LogP contribution in [0.2, 0.25) is 0 Å². The zero-order valence-corrected chi connectivity index (χ0v) is 15.4. The average molecular weight is 382 g/mol. The Morgan fingerprint density at radius 1 is 1.28 bits per heavy atom. The first-order valence-corrected chi connectivity index (χ1v) is 9.58. The second-order valence-corrected chi connectivity index (χ2v) is 7.82. The summed E-state index contributed by atoms with van der Waals surface area (Å²) in [5.74, 6) is -0.171. The highest BCUT2D eigenvalue weighted by Crippen LogP contribution is 2.24. The van der Waals surface area contributed by atoms with Gasteiger partial charge in [-0.15, -0.1) is 12.4 Å². The molecule has 1 aliphatic heterocycles. The average Bonchev–Trinajstić information content (AvgIpc) is 2.61. The lowest BCUT2D eigenvalue weighted by atomic mass is 10.0. The van der Waals surface area contributed by atoms with Gasteiger partial charge in [-0.1, -0.05) is 12.1 Å².